The van der Waals surface area contributed by atoms with Crippen molar-refractivity contribution in [3.63, 3.8) is 0 Å². The minimum Gasteiger partial charge on any atom is -0.396 e. The van der Waals surface area contributed by atoms with E-state index in [1.807, 2.05) is 12.1 Å². The lowest BCUT2D eigenvalue weighted by atomic mass is 10.1. The molecule has 0 fully saturated rings. The van der Waals surface area contributed by atoms with Crippen LogP contribution in [-0.4, -0.2) is 11.7 Å². The van der Waals surface area contributed by atoms with Crippen molar-refractivity contribution >= 4 is 0 Å². The average molecular weight is 124 g/mol. The van der Waals surface area contributed by atoms with E-state index in [4.69, 9.17) is 15.6 Å². The smallest absolute Gasteiger partial charge is 0.0667 e. The van der Waals surface area contributed by atoms with Gasteiger partial charge in [-0.25, -0.2) is 0 Å². The second-order valence-electron chi connectivity index (χ2n) is 1.70. The Hall–Kier alpha value is -1.06. The molecule has 0 aromatic rings. The zero-order valence-corrected chi connectivity index (χ0v) is 5.04. The molecular formula is C6H8N2O. The van der Waals surface area contributed by atoms with Gasteiger partial charge >= 0.3 is 0 Å². The van der Waals surface area contributed by atoms with Gasteiger partial charge in [-0.05, 0) is 6.42 Å². The molecule has 9 heavy (non-hydrogen) atoms. The molecule has 3 nitrogen and oxygen atoms in total. The van der Waals surface area contributed by atoms with Crippen LogP contribution in [-0.2, 0) is 0 Å². The molecule has 1 atom stereocenters. The lowest BCUT2D eigenvalue weighted by Gasteiger charge is -1.97. The van der Waals surface area contributed by atoms with E-state index in [0.29, 0.717) is 6.42 Å². The molecule has 0 amide bonds. The summed E-state index contributed by atoms with van der Waals surface area (Å²) in [5.41, 5.74) is 0. The average Bonchev–Trinajstić information content (AvgIpc) is 1.88. The van der Waals surface area contributed by atoms with Crippen molar-refractivity contribution in [1.82, 2.24) is 0 Å². The van der Waals surface area contributed by atoms with Gasteiger partial charge in [0.2, 0.25) is 0 Å². The van der Waals surface area contributed by atoms with Gasteiger partial charge in [-0.1, -0.05) is 0 Å². The van der Waals surface area contributed by atoms with Gasteiger partial charge in [0.15, 0.2) is 0 Å². The first-order valence-electron chi connectivity index (χ1n) is 2.72. The first kappa shape index (κ1) is 7.94. The lowest BCUT2D eigenvalue weighted by Crippen LogP contribution is -1.98. The van der Waals surface area contributed by atoms with Crippen molar-refractivity contribution in [3.05, 3.63) is 0 Å². The normalized spacial score (nSPS) is 11.4. The Kier molecular flexibility index (Phi) is 4.49. The van der Waals surface area contributed by atoms with Crippen molar-refractivity contribution in [3.8, 4) is 12.1 Å². The summed E-state index contributed by atoms with van der Waals surface area (Å²) < 4.78 is 0. The summed E-state index contributed by atoms with van der Waals surface area (Å²) in [4.78, 5) is 0. The van der Waals surface area contributed by atoms with Crippen molar-refractivity contribution in [2.24, 2.45) is 5.92 Å². The number of rotatable bonds is 3. The minimum absolute atomic E-state index is 0.0140. The molecule has 0 aliphatic rings. The Bertz CT molecular complexity index is 142. The van der Waals surface area contributed by atoms with E-state index in [1.54, 1.807) is 0 Å². The van der Waals surface area contributed by atoms with Gasteiger partial charge in [-0.3, -0.25) is 0 Å². The first-order chi connectivity index (χ1) is 4.35. The van der Waals surface area contributed by atoms with Crippen LogP contribution in [0.25, 0.3) is 0 Å². The topological polar surface area (TPSA) is 67.8 Å². The summed E-state index contributed by atoms with van der Waals surface area (Å²) in [5.74, 6) is -0.292. The van der Waals surface area contributed by atoms with Gasteiger partial charge in [0.25, 0.3) is 0 Å². The molecule has 0 bridgehead atoms. The Labute approximate surface area is 54.1 Å². The van der Waals surface area contributed by atoms with Crippen LogP contribution < -0.4 is 0 Å². The second-order valence-corrected chi connectivity index (χ2v) is 1.70. The van der Waals surface area contributed by atoms with Crippen LogP contribution in [0.4, 0.5) is 0 Å². The second kappa shape index (κ2) is 5.08. The lowest BCUT2D eigenvalue weighted by molar-refractivity contribution is 0.272. The summed E-state index contributed by atoms with van der Waals surface area (Å²) in [6.07, 6.45) is 0.626. The molecule has 0 saturated carbocycles. The van der Waals surface area contributed by atoms with E-state index in [-0.39, 0.29) is 18.9 Å². The standard InChI is InChI=1S/C6H8N2O/c7-3-1-6(5-8)2-4-9/h6,9H,1-2,4H2. The van der Waals surface area contributed by atoms with Crippen molar-refractivity contribution in [1.29, 1.82) is 10.5 Å². The molecule has 48 valence electrons. The van der Waals surface area contributed by atoms with E-state index in [2.05, 4.69) is 0 Å². The Morgan fingerprint density at radius 3 is 2.44 bits per heavy atom. The summed E-state index contributed by atoms with van der Waals surface area (Å²) in [6, 6.07) is 3.79. The van der Waals surface area contributed by atoms with E-state index < -0.39 is 0 Å². The Morgan fingerprint density at radius 2 is 2.11 bits per heavy atom. The third kappa shape index (κ3) is 3.52. The summed E-state index contributed by atoms with van der Waals surface area (Å²) in [7, 11) is 0. The number of nitriles is 2. The fraction of sp³-hybridized carbons (Fsp3) is 0.667. The monoisotopic (exact) mass is 124 g/mol. The maximum absolute atomic E-state index is 8.33. The van der Waals surface area contributed by atoms with Crippen LogP contribution in [0.1, 0.15) is 12.8 Å². The third-order valence-corrected chi connectivity index (χ3v) is 0.998. The third-order valence-electron chi connectivity index (χ3n) is 0.998. The van der Waals surface area contributed by atoms with Crippen LogP contribution >= 0.6 is 0 Å². The molecule has 0 aromatic carbocycles. The number of aliphatic hydroxyl groups excluding tert-OH is 1. The largest absolute Gasteiger partial charge is 0.396 e. The molecule has 1 unspecified atom stereocenters. The molecule has 1 N–H and O–H groups in total. The number of hydrogen-bond acceptors (Lipinski definition) is 3. The highest BCUT2D eigenvalue weighted by molar-refractivity contribution is 4.89. The fourth-order valence-electron chi connectivity index (χ4n) is 0.478. The molecule has 0 heterocycles. The van der Waals surface area contributed by atoms with Gasteiger partial charge in [0.1, 0.15) is 0 Å². The SMILES string of the molecule is N#CCC(C#N)CCO. The maximum atomic E-state index is 8.33. The summed E-state index contributed by atoms with van der Waals surface area (Å²) in [5, 5.41) is 24.7. The summed E-state index contributed by atoms with van der Waals surface area (Å²) >= 11 is 0. The molecule has 0 spiro atoms. The van der Waals surface area contributed by atoms with Gasteiger partial charge in [0.05, 0.1) is 24.5 Å². The highest BCUT2D eigenvalue weighted by Gasteiger charge is 2.03. The fourth-order valence-corrected chi connectivity index (χ4v) is 0.478. The molecule has 0 rings (SSSR count). The van der Waals surface area contributed by atoms with Gasteiger partial charge in [-0.2, -0.15) is 10.5 Å². The molecule has 0 aliphatic heterocycles. The highest BCUT2D eigenvalue weighted by atomic mass is 16.3. The van der Waals surface area contributed by atoms with E-state index in [1.165, 1.54) is 0 Å². The van der Waals surface area contributed by atoms with Crippen LogP contribution in [0.15, 0.2) is 0 Å². The van der Waals surface area contributed by atoms with Crippen LogP contribution in [0.3, 0.4) is 0 Å². The molecule has 3 heteroatoms. The predicted molar refractivity (Wildman–Crippen MR) is 31.0 cm³/mol. The Morgan fingerprint density at radius 1 is 1.44 bits per heavy atom. The molecule has 0 radical (unpaired) electrons. The maximum Gasteiger partial charge on any atom is 0.0667 e. The molecule has 0 aliphatic carbocycles. The first-order valence-corrected chi connectivity index (χ1v) is 2.72. The van der Waals surface area contributed by atoms with Gasteiger partial charge in [0, 0.05) is 6.61 Å². The number of hydrogen-bond donors (Lipinski definition) is 1. The quantitative estimate of drug-likeness (QED) is 0.592. The molecule has 0 aromatic heterocycles. The zero-order valence-electron chi connectivity index (χ0n) is 5.04. The van der Waals surface area contributed by atoms with E-state index in [9.17, 15) is 0 Å². The summed E-state index contributed by atoms with van der Waals surface area (Å²) in [6.45, 7) is -0.0140. The van der Waals surface area contributed by atoms with Gasteiger partial charge in [-0.15, -0.1) is 0 Å². The van der Waals surface area contributed by atoms with Crippen molar-refractivity contribution in [2.45, 2.75) is 12.8 Å². The van der Waals surface area contributed by atoms with E-state index >= 15 is 0 Å². The Balaban J connectivity index is 3.48. The van der Waals surface area contributed by atoms with Crippen molar-refractivity contribution in [2.75, 3.05) is 6.61 Å². The van der Waals surface area contributed by atoms with Crippen molar-refractivity contribution < 1.29 is 5.11 Å². The number of aliphatic hydroxyl groups is 1. The minimum atomic E-state index is -0.292. The van der Waals surface area contributed by atoms with Crippen LogP contribution in [0, 0.1) is 28.6 Å². The van der Waals surface area contributed by atoms with Crippen LogP contribution in [0.5, 0.6) is 0 Å². The predicted octanol–water partition coefficient (Wildman–Crippen LogP) is 0.422. The molecule has 0 saturated heterocycles. The van der Waals surface area contributed by atoms with Gasteiger partial charge < -0.3 is 5.11 Å². The van der Waals surface area contributed by atoms with Crippen LogP contribution in [0.2, 0.25) is 0 Å². The zero-order chi connectivity index (χ0) is 7.11. The highest BCUT2D eigenvalue weighted by Crippen LogP contribution is 2.03. The molecular weight excluding hydrogens is 116 g/mol. The van der Waals surface area contributed by atoms with E-state index in [0.717, 1.165) is 0 Å². The number of nitrogens with zero attached hydrogens (tertiary/aromatic N) is 2.